The average molecular weight is 320 g/mol. The van der Waals surface area contributed by atoms with Crippen LogP contribution in [0.15, 0.2) is 12.1 Å². The second-order valence-electron chi connectivity index (χ2n) is 6.62. The van der Waals surface area contributed by atoms with Crippen LogP contribution in [0.4, 0.5) is 0 Å². The highest BCUT2D eigenvalue weighted by Crippen LogP contribution is 2.34. The molecule has 0 bridgehead atoms. The molecule has 1 saturated carbocycles. The molecule has 0 amide bonds. The molecule has 3 rings (SSSR count). The van der Waals surface area contributed by atoms with Crippen LogP contribution in [0.5, 0.6) is 5.75 Å². The lowest BCUT2D eigenvalue weighted by Crippen LogP contribution is -2.51. The van der Waals surface area contributed by atoms with Gasteiger partial charge >= 0.3 is 0 Å². The average Bonchev–Trinajstić information content (AvgIpc) is 3.03. The molecule has 0 unspecified atom stereocenters. The van der Waals surface area contributed by atoms with E-state index in [1.165, 1.54) is 19.3 Å². The molecule has 1 saturated heterocycles. The van der Waals surface area contributed by atoms with E-state index in [2.05, 4.69) is 9.88 Å². The maximum Gasteiger partial charge on any atom is 0.122 e. The number of aromatic nitrogens is 1. The number of methoxy groups -OCH3 is 2. The second kappa shape index (κ2) is 7.60. The highest BCUT2D eigenvalue weighted by atomic mass is 16.5. The fourth-order valence-electron chi connectivity index (χ4n) is 4.05. The predicted molar refractivity (Wildman–Crippen MR) is 88.7 cm³/mol. The van der Waals surface area contributed by atoms with Gasteiger partial charge in [0.25, 0.3) is 0 Å². The Balaban J connectivity index is 1.75. The minimum Gasteiger partial charge on any atom is -0.497 e. The molecular weight excluding hydrogens is 292 g/mol. The number of morpholine rings is 1. The standard InChI is InChI=1S/C18H28N2O3/c1-13-9-15(21-2)10-14(19-13)11-20-7-8-23-12-17(20)16-5-4-6-18(16)22-3/h9-10,16-18H,4-8,11-12H2,1-3H3/t16-,17+,18+/m0/s1. The molecule has 5 heteroatoms. The molecule has 2 heterocycles. The summed E-state index contributed by atoms with van der Waals surface area (Å²) >= 11 is 0. The molecule has 1 aromatic rings. The van der Waals surface area contributed by atoms with Gasteiger partial charge in [-0.3, -0.25) is 9.88 Å². The van der Waals surface area contributed by atoms with Gasteiger partial charge < -0.3 is 14.2 Å². The third kappa shape index (κ3) is 3.84. The number of pyridine rings is 1. The highest BCUT2D eigenvalue weighted by molar-refractivity contribution is 5.26. The van der Waals surface area contributed by atoms with E-state index in [0.717, 1.165) is 43.4 Å². The van der Waals surface area contributed by atoms with Crippen LogP contribution in [0.25, 0.3) is 0 Å². The minimum atomic E-state index is 0.365. The quantitative estimate of drug-likeness (QED) is 0.833. The summed E-state index contributed by atoms with van der Waals surface area (Å²) in [6, 6.07) is 4.43. The van der Waals surface area contributed by atoms with E-state index in [1.54, 1.807) is 7.11 Å². The maximum absolute atomic E-state index is 5.78. The van der Waals surface area contributed by atoms with E-state index < -0.39 is 0 Å². The number of rotatable bonds is 5. The van der Waals surface area contributed by atoms with Crippen molar-refractivity contribution in [3.8, 4) is 5.75 Å². The normalized spacial score (nSPS) is 28.9. The first-order valence-corrected chi connectivity index (χ1v) is 8.57. The van der Waals surface area contributed by atoms with E-state index in [0.29, 0.717) is 18.1 Å². The molecule has 5 nitrogen and oxygen atoms in total. The maximum atomic E-state index is 5.78. The molecule has 23 heavy (non-hydrogen) atoms. The lowest BCUT2D eigenvalue weighted by Gasteiger charge is -2.40. The van der Waals surface area contributed by atoms with E-state index in [9.17, 15) is 0 Å². The minimum absolute atomic E-state index is 0.365. The van der Waals surface area contributed by atoms with Crippen molar-refractivity contribution in [1.29, 1.82) is 0 Å². The predicted octanol–water partition coefficient (Wildman–Crippen LogP) is 2.41. The zero-order valence-corrected chi connectivity index (χ0v) is 14.5. The Labute approximate surface area is 138 Å². The molecule has 1 aliphatic carbocycles. The molecule has 0 N–H and O–H groups in total. The van der Waals surface area contributed by atoms with Gasteiger partial charge in [-0.2, -0.15) is 0 Å². The van der Waals surface area contributed by atoms with Gasteiger partial charge in [-0.15, -0.1) is 0 Å². The SMILES string of the molecule is COc1cc(C)nc(CN2CCOC[C@@H]2[C@@H]2CCC[C@H]2OC)c1. The van der Waals surface area contributed by atoms with Crippen LogP contribution in [-0.2, 0) is 16.0 Å². The third-order valence-electron chi connectivity index (χ3n) is 5.16. The van der Waals surface area contributed by atoms with Gasteiger partial charge in [0, 0.05) is 50.0 Å². The largest absolute Gasteiger partial charge is 0.497 e. The number of hydrogen-bond acceptors (Lipinski definition) is 5. The Kier molecular flexibility index (Phi) is 5.51. The zero-order chi connectivity index (χ0) is 16.2. The van der Waals surface area contributed by atoms with Crippen molar-refractivity contribution in [2.24, 2.45) is 5.92 Å². The molecule has 0 radical (unpaired) electrons. The first-order chi connectivity index (χ1) is 11.2. The van der Waals surface area contributed by atoms with Crippen LogP contribution >= 0.6 is 0 Å². The van der Waals surface area contributed by atoms with Crippen molar-refractivity contribution >= 4 is 0 Å². The van der Waals surface area contributed by atoms with Crippen LogP contribution in [0.1, 0.15) is 30.7 Å². The van der Waals surface area contributed by atoms with Crippen LogP contribution in [-0.4, -0.2) is 56.0 Å². The van der Waals surface area contributed by atoms with E-state index >= 15 is 0 Å². The molecule has 2 fully saturated rings. The fraction of sp³-hybridized carbons (Fsp3) is 0.722. The second-order valence-corrected chi connectivity index (χ2v) is 6.62. The smallest absolute Gasteiger partial charge is 0.122 e. The van der Waals surface area contributed by atoms with Crippen LogP contribution in [0.2, 0.25) is 0 Å². The van der Waals surface area contributed by atoms with Crippen molar-refractivity contribution < 1.29 is 14.2 Å². The summed E-state index contributed by atoms with van der Waals surface area (Å²) < 4.78 is 16.9. The van der Waals surface area contributed by atoms with Gasteiger partial charge in [0.1, 0.15) is 5.75 Å². The fourth-order valence-corrected chi connectivity index (χ4v) is 4.05. The topological polar surface area (TPSA) is 43.8 Å². The van der Waals surface area contributed by atoms with Crippen LogP contribution in [0.3, 0.4) is 0 Å². The third-order valence-corrected chi connectivity index (χ3v) is 5.16. The highest BCUT2D eigenvalue weighted by Gasteiger charge is 2.38. The molecular formula is C18H28N2O3. The molecule has 128 valence electrons. The van der Waals surface area contributed by atoms with Crippen molar-refractivity contribution in [3.05, 3.63) is 23.5 Å². The molecule has 3 atom stereocenters. The summed E-state index contributed by atoms with van der Waals surface area (Å²) in [5.74, 6) is 1.44. The Morgan fingerprint density at radius 1 is 1.30 bits per heavy atom. The van der Waals surface area contributed by atoms with Crippen LogP contribution < -0.4 is 4.74 Å². The Hall–Kier alpha value is -1.17. The number of nitrogens with zero attached hydrogens (tertiary/aromatic N) is 2. The molecule has 0 aromatic carbocycles. The molecule has 0 spiro atoms. The Morgan fingerprint density at radius 2 is 2.17 bits per heavy atom. The van der Waals surface area contributed by atoms with Crippen molar-refractivity contribution in [2.75, 3.05) is 34.0 Å². The van der Waals surface area contributed by atoms with E-state index in [1.807, 2.05) is 26.2 Å². The monoisotopic (exact) mass is 320 g/mol. The van der Waals surface area contributed by atoms with Gasteiger partial charge in [-0.05, 0) is 19.8 Å². The lowest BCUT2D eigenvalue weighted by molar-refractivity contribution is -0.0612. The summed E-state index contributed by atoms with van der Waals surface area (Å²) in [6.07, 6.45) is 4.02. The first kappa shape index (κ1) is 16.7. The molecule has 1 aromatic heterocycles. The molecule has 1 aliphatic heterocycles. The van der Waals surface area contributed by atoms with Gasteiger partial charge in [-0.1, -0.05) is 6.42 Å². The number of ether oxygens (including phenoxy) is 3. The number of hydrogen-bond donors (Lipinski definition) is 0. The van der Waals surface area contributed by atoms with Crippen molar-refractivity contribution in [1.82, 2.24) is 9.88 Å². The van der Waals surface area contributed by atoms with Gasteiger partial charge in [0.2, 0.25) is 0 Å². The zero-order valence-electron chi connectivity index (χ0n) is 14.5. The van der Waals surface area contributed by atoms with Crippen molar-refractivity contribution in [2.45, 2.75) is 44.9 Å². The van der Waals surface area contributed by atoms with Gasteiger partial charge in [0.15, 0.2) is 0 Å². The first-order valence-electron chi connectivity index (χ1n) is 8.57. The number of aryl methyl sites for hydroxylation is 1. The summed E-state index contributed by atoms with van der Waals surface area (Å²) in [4.78, 5) is 7.20. The summed E-state index contributed by atoms with van der Waals surface area (Å²) in [6.45, 7) is 5.41. The van der Waals surface area contributed by atoms with Crippen LogP contribution in [0, 0.1) is 12.8 Å². The van der Waals surface area contributed by atoms with Crippen molar-refractivity contribution in [3.63, 3.8) is 0 Å². The summed E-state index contributed by atoms with van der Waals surface area (Å²) in [5, 5.41) is 0. The van der Waals surface area contributed by atoms with Gasteiger partial charge in [0.05, 0.1) is 32.1 Å². The lowest BCUT2D eigenvalue weighted by atomic mass is 9.94. The summed E-state index contributed by atoms with van der Waals surface area (Å²) in [7, 11) is 3.54. The Morgan fingerprint density at radius 3 is 2.96 bits per heavy atom. The van der Waals surface area contributed by atoms with E-state index in [-0.39, 0.29) is 0 Å². The van der Waals surface area contributed by atoms with E-state index in [4.69, 9.17) is 14.2 Å². The summed E-state index contributed by atoms with van der Waals surface area (Å²) in [5.41, 5.74) is 2.07. The Bertz CT molecular complexity index is 523. The van der Waals surface area contributed by atoms with Gasteiger partial charge in [-0.25, -0.2) is 0 Å². The molecule has 2 aliphatic rings.